The summed E-state index contributed by atoms with van der Waals surface area (Å²) in [5.74, 6) is 1.44. The van der Waals surface area contributed by atoms with Gasteiger partial charge in [-0.15, -0.1) is 0 Å². The minimum atomic E-state index is 0.294. The number of nitrogens with zero attached hydrogens (tertiary/aromatic N) is 4. The topological polar surface area (TPSA) is 81.1 Å². The van der Waals surface area contributed by atoms with Crippen LogP contribution in [0.3, 0.4) is 0 Å². The molecule has 0 amide bonds. The third-order valence-electron chi connectivity index (χ3n) is 4.04. The Morgan fingerprint density at radius 2 is 2.32 bits per heavy atom. The number of hydrogen-bond acceptors (Lipinski definition) is 6. The molecular formula is C13H19N5O. The van der Waals surface area contributed by atoms with Gasteiger partial charge in [0.15, 0.2) is 0 Å². The van der Waals surface area contributed by atoms with Crippen molar-refractivity contribution in [1.82, 2.24) is 15.1 Å². The van der Waals surface area contributed by atoms with E-state index in [1.807, 2.05) is 6.92 Å². The van der Waals surface area contributed by atoms with E-state index in [1.165, 1.54) is 6.33 Å². The van der Waals surface area contributed by atoms with Gasteiger partial charge >= 0.3 is 0 Å². The number of aryl methyl sites for hydroxylation is 1. The molecule has 102 valence electrons. The molecule has 2 atom stereocenters. The Morgan fingerprint density at radius 1 is 1.47 bits per heavy atom. The van der Waals surface area contributed by atoms with Crippen LogP contribution in [-0.2, 0) is 0 Å². The Morgan fingerprint density at radius 3 is 3.11 bits per heavy atom. The van der Waals surface area contributed by atoms with Gasteiger partial charge in [-0.2, -0.15) is 4.98 Å². The fourth-order valence-corrected chi connectivity index (χ4v) is 2.82. The summed E-state index contributed by atoms with van der Waals surface area (Å²) in [6.07, 6.45) is 3.63. The van der Waals surface area contributed by atoms with Gasteiger partial charge in [0.05, 0.1) is 5.69 Å². The van der Waals surface area contributed by atoms with Gasteiger partial charge in [-0.05, 0) is 19.3 Å². The van der Waals surface area contributed by atoms with Crippen molar-refractivity contribution in [2.75, 3.05) is 18.0 Å². The molecule has 2 unspecified atom stereocenters. The normalized spacial score (nSPS) is 24.1. The smallest absolute Gasteiger partial charge is 0.263 e. The third kappa shape index (κ3) is 2.06. The van der Waals surface area contributed by atoms with Crippen molar-refractivity contribution in [3.63, 3.8) is 0 Å². The summed E-state index contributed by atoms with van der Waals surface area (Å²) in [6, 6.07) is 0.294. The number of anilines is 1. The van der Waals surface area contributed by atoms with Crippen molar-refractivity contribution in [3.05, 3.63) is 12.0 Å². The molecule has 1 aliphatic rings. The molecule has 2 aromatic rings. The summed E-state index contributed by atoms with van der Waals surface area (Å²) in [5, 5.41) is 4.90. The Bertz CT molecular complexity index is 581. The fourth-order valence-electron chi connectivity index (χ4n) is 2.82. The molecule has 3 rings (SSSR count). The second-order valence-corrected chi connectivity index (χ2v) is 5.21. The average Bonchev–Trinajstić information content (AvgIpc) is 2.81. The van der Waals surface area contributed by atoms with E-state index in [0.717, 1.165) is 42.8 Å². The summed E-state index contributed by atoms with van der Waals surface area (Å²) in [6.45, 7) is 5.97. The Labute approximate surface area is 112 Å². The number of piperidine rings is 1. The average molecular weight is 261 g/mol. The van der Waals surface area contributed by atoms with Crippen LogP contribution in [0.15, 0.2) is 10.9 Å². The van der Waals surface area contributed by atoms with E-state index in [0.29, 0.717) is 17.7 Å². The van der Waals surface area contributed by atoms with Gasteiger partial charge < -0.3 is 15.2 Å². The second kappa shape index (κ2) is 4.77. The van der Waals surface area contributed by atoms with Crippen LogP contribution in [0.4, 0.5) is 5.82 Å². The van der Waals surface area contributed by atoms with Crippen molar-refractivity contribution in [1.29, 1.82) is 0 Å². The van der Waals surface area contributed by atoms with Gasteiger partial charge in [0, 0.05) is 19.1 Å². The summed E-state index contributed by atoms with van der Waals surface area (Å²) in [4.78, 5) is 10.8. The lowest BCUT2D eigenvalue weighted by atomic mass is 9.90. The van der Waals surface area contributed by atoms with Crippen LogP contribution in [0.1, 0.15) is 25.5 Å². The first kappa shape index (κ1) is 12.3. The van der Waals surface area contributed by atoms with E-state index in [-0.39, 0.29) is 0 Å². The van der Waals surface area contributed by atoms with Crippen LogP contribution in [0, 0.1) is 12.8 Å². The van der Waals surface area contributed by atoms with E-state index in [4.69, 9.17) is 10.3 Å². The Balaban J connectivity index is 1.98. The van der Waals surface area contributed by atoms with Crippen LogP contribution < -0.4 is 10.6 Å². The molecule has 0 aliphatic carbocycles. The predicted octanol–water partition coefficient (Wildman–Crippen LogP) is 1.49. The molecule has 2 N–H and O–H groups in total. The predicted molar refractivity (Wildman–Crippen MR) is 72.9 cm³/mol. The van der Waals surface area contributed by atoms with Gasteiger partial charge in [-0.3, -0.25) is 0 Å². The lowest BCUT2D eigenvalue weighted by Crippen LogP contribution is -2.47. The molecule has 6 nitrogen and oxygen atoms in total. The number of nitrogens with two attached hydrogens (primary N) is 1. The van der Waals surface area contributed by atoms with Gasteiger partial charge in [-0.1, -0.05) is 18.5 Å². The number of aromatic nitrogens is 3. The molecule has 6 heteroatoms. The maximum absolute atomic E-state index is 6.16. The highest BCUT2D eigenvalue weighted by Crippen LogP contribution is 2.29. The van der Waals surface area contributed by atoms with Crippen molar-refractivity contribution < 1.29 is 4.52 Å². The number of fused-ring (bicyclic) bond motifs is 1. The first-order valence-corrected chi connectivity index (χ1v) is 6.78. The van der Waals surface area contributed by atoms with Crippen molar-refractivity contribution in [3.8, 4) is 0 Å². The molecular weight excluding hydrogens is 242 g/mol. The van der Waals surface area contributed by atoms with Crippen LogP contribution >= 0.6 is 0 Å². The monoisotopic (exact) mass is 261 g/mol. The van der Waals surface area contributed by atoms with Crippen LogP contribution in [0.25, 0.3) is 11.1 Å². The largest absolute Gasteiger partial charge is 0.355 e. The molecule has 3 heterocycles. The van der Waals surface area contributed by atoms with Crippen LogP contribution in [0.2, 0.25) is 0 Å². The van der Waals surface area contributed by atoms with Crippen molar-refractivity contribution in [2.24, 2.45) is 11.7 Å². The summed E-state index contributed by atoms with van der Waals surface area (Å²) in [5.41, 5.74) is 7.56. The van der Waals surface area contributed by atoms with E-state index >= 15 is 0 Å². The standard InChI is InChI=1S/C13H19N5O/c1-3-9-6-18(5-4-10(9)14)12-11-8(2)17-19-13(11)16-7-15-12/h7,9-10H,3-6,14H2,1-2H3. The molecule has 0 aromatic carbocycles. The second-order valence-electron chi connectivity index (χ2n) is 5.21. The first-order valence-electron chi connectivity index (χ1n) is 6.78. The fraction of sp³-hybridized carbons (Fsp3) is 0.615. The number of rotatable bonds is 2. The lowest BCUT2D eigenvalue weighted by molar-refractivity contribution is 0.347. The van der Waals surface area contributed by atoms with Gasteiger partial charge in [0.2, 0.25) is 0 Å². The summed E-state index contributed by atoms with van der Waals surface area (Å²) >= 11 is 0. The molecule has 0 saturated carbocycles. The molecule has 1 aliphatic heterocycles. The van der Waals surface area contributed by atoms with E-state index in [2.05, 4.69) is 26.9 Å². The zero-order valence-corrected chi connectivity index (χ0v) is 11.3. The summed E-state index contributed by atoms with van der Waals surface area (Å²) in [7, 11) is 0. The minimum absolute atomic E-state index is 0.294. The Hall–Kier alpha value is -1.69. The highest BCUT2D eigenvalue weighted by Gasteiger charge is 2.28. The van der Waals surface area contributed by atoms with Crippen LogP contribution in [0.5, 0.6) is 0 Å². The van der Waals surface area contributed by atoms with Gasteiger partial charge in [-0.25, -0.2) is 4.98 Å². The number of hydrogen-bond donors (Lipinski definition) is 1. The molecule has 0 spiro atoms. The Kier molecular flexibility index (Phi) is 3.10. The van der Waals surface area contributed by atoms with Gasteiger partial charge in [0.25, 0.3) is 5.71 Å². The molecule has 0 bridgehead atoms. The zero-order valence-electron chi connectivity index (χ0n) is 11.3. The molecule has 1 fully saturated rings. The zero-order chi connectivity index (χ0) is 13.4. The third-order valence-corrected chi connectivity index (χ3v) is 4.04. The van der Waals surface area contributed by atoms with E-state index < -0.39 is 0 Å². The van der Waals surface area contributed by atoms with Gasteiger partial charge in [0.1, 0.15) is 17.5 Å². The SMILES string of the molecule is CCC1CN(c2ncnc3onc(C)c23)CCC1N. The molecule has 2 aromatic heterocycles. The lowest BCUT2D eigenvalue weighted by Gasteiger charge is -2.37. The minimum Gasteiger partial charge on any atom is -0.355 e. The highest BCUT2D eigenvalue weighted by atomic mass is 16.5. The molecule has 1 saturated heterocycles. The van der Waals surface area contributed by atoms with E-state index in [1.54, 1.807) is 0 Å². The maximum Gasteiger partial charge on any atom is 0.263 e. The quantitative estimate of drug-likeness (QED) is 0.882. The molecule has 19 heavy (non-hydrogen) atoms. The van der Waals surface area contributed by atoms with Crippen LogP contribution in [-0.4, -0.2) is 34.3 Å². The van der Waals surface area contributed by atoms with Crippen molar-refractivity contribution in [2.45, 2.75) is 32.7 Å². The van der Waals surface area contributed by atoms with E-state index in [9.17, 15) is 0 Å². The maximum atomic E-state index is 6.16. The first-order chi connectivity index (χ1) is 9.20. The van der Waals surface area contributed by atoms with Crippen molar-refractivity contribution >= 4 is 16.9 Å². The highest BCUT2D eigenvalue weighted by molar-refractivity contribution is 5.87. The molecule has 0 radical (unpaired) electrons. The summed E-state index contributed by atoms with van der Waals surface area (Å²) < 4.78 is 5.20.